The third kappa shape index (κ3) is 2.15. The number of aromatic nitrogens is 1. The van der Waals surface area contributed by atoms with Crippen LogP contribution in [-0.2, 0) is 4.79 Å². The van der Waals surface area contributed by atoms with Gasteiger partial charge in [0.1, 0.15) is 0 Å². The van der Waals surface area contributed by atoms with E-state index in [0.29, 0.717) is 12.8 Å². The van der Waals surface area contributed by atoms with Crippen LogP contribution in [0.25, 0.3) is 0 Å². The quantitative estimate of drug-likeness (QED) is 0.786. The molecule has 1 aliphatic carbocycles. The summed E-state index contributed by atoms with van der Waals surface area (Å²) < 4.78 is 26.0. The molecule has 2 rings (SSSR count). The van der Waals surface area contributed by atoms with Crippen molar-refractivity contribution in [1.29, 1.82) is 0 Å². The SMILES string of the molecule is O=C(NCC1(C(=O)O)CC1)c1ccnc(F)c1F. The van der Waals surface area contributed by atoms with Gasteiger partial charge in [-0.2, -0.15) is 4.39 Å². The van der Waals surface area contributed by atoms with Gasteiger partial charge >= 0.3 is 5.97 Å². The van der Waals surface area contributed by atoms with Gasteiger partial charge in [-0.15, -0.1) is 0 Å². The van der Waals surface area contributed by atoms with Crippen LogP contribution in [0.15, 0.2) is 12.3 Å². The average Bonchev–Trinajstić information content (AvgIpc) is 3.11. The Morgan fingerprint density at radius 1 is 1.44 bits per heavy atom. The predicted octanol–water partition coefficient (Wildman–Crippen LogP) is 0.954. The number of carboxylic acid groups (broad SMARTS) is 1. The van der Waals surface area contributed by atoms with Crippen LogP contribution in [0, 0.1) is 17.2 Å². The van der Waals surface area contributed by atoms with E-state index >= 15 is 0 Å². The number of carboxylic acids is 1. The zero-order valence-corrected chi connectivity index (χ0v) is 9.24. The van der Waals surface area contributed by atoms with Crippen LogP contribution in [0.1, 0.15) is 23.2 Å². The molecule has 1 heterocycles. The van der Waals surface area contributed by atoms with Gasteiger partial charge in [-0.05, 0) is 18.9 Å². The molecule has 5 nitrogen and oxygen atoms in total. The van der Waals surface area contributed by atoms with Crippen molar-refractivity contribution in [1.82, 2.24) is 10.3 Å². The number of halogens is 2. The normalized spacial score (nSPS) is 16.1. The number of nitrogens with zero attached hydrogens (tertiary/aromatic N) is 1. The lowest BCUT2D eigenvalue weighted by Gasteiger charge is -2.11. The Kier molecular flexibility index (Phi) is 2.98. The monoisotopic (exact) mass is 256 g/mol. The summed E-state index contributed by atoms with van der Waals surface area (Å²) in [4.78, 5) is 25.5. The fourth-order valence-electron chi connectivity index (χ4n) is 1.56. The van der Waals surface area contributed by atoms with Crippen molar-refractivity contribution in [3.8, 4) is 0 Å². The van der Waals surface area contributed by atoms with E-state index in [9.17, 15) is 18.4 Å². The van der Waals surface area contributed by atoms with Gasteiger partial charge in [0, 0.05) is 12.7 Å². The van der Waals surface area contributed by atoms with Crippen LogP contribution in [0.5, 0.6) is 0 Å². The van der Waals surface area contributed by atoms with Gasteiger partial charge in [0.05, 0.1) is 11.0 Å². The summed E-state index contributed by atoms with van der Waals surface area (Å²) in [5.41, 5.74) is -1.43. The molecule has 96 valence electrons. The van der Waals surface area contributed by atoms with E-state index in [1.165, 1.54) is 0 Å². The van der Waals surface area contributed by atoms with Crippen molar-refractivity contribution in [2.45, 2.75) is 12.8 Å². The number of hydrogen-bond donors (Lipinski definition) is 2. The summed E-state index contributed by atoms with van der Waals surface area (Å²) in [5, 5.41) is 11.2. The Bertz CT molecular complexity index is 515. The van der Waals surface area contributed by atoms with Crippen molar-refractivity contribution in [3.05, 3.63) is 29.6 Å². The van der Waals surface area contributed by atoms with Crippen LogP contribution < -0.4 is 5.32 Å². The van der Waals surface area contributed by atoms with Crippen LogP contribution in [-0.4, -0.2) is 28.5 Å². The minimum Gasteiger partial charge on any atom is -0.481 e. The molecule has 1 fully saturated rings. The van der Waals surface area contributed by atoms with Gasteiger partial charge in [0.15, 0.2) is 5.82 Å². The van der Waals surface area contributed by atoms with E-state index in [-0.39, 0.29) is 6.54 Å². The van der Waals surface area contributed by atoms with E-state index < -0.39 is 34.6 Å². The molecule has 1 aromatic heterocycles. The number of nitrogens with one attached hydrogen (secondary N) is 1. The summed E-state index contributed by atoms with van der Waals surface area (Å²) in [6, 6.07) is 1.04. The van der Waals surface area contributed by atoms with Crippen molar-refractivity contribution >= 4 is 11.9 Å². The van der Waals surface area contributed by atoms with Gasteiger partial charge in [-0.3, -0.25) is 9.59 Å². The number of pyridine rings is 1. The van der Waals surface area contributed by atoms with E-state index in [0.717, 1.165) is 12.3 Å². The largest absolute Gasteiger partial charge is 0.481 e. The highest BCUT2D eigenvalue weighted by molar-refractivity contribution is 5.94. The van der Waals surface area contributed by atoms with E-state index in [1.807, 2.05) is 0 Å². The first kappa shape index (κ1) is 12.4. The molecule has 1 amide bonds. The first-order chi connectivity index (χ1) is 8.46. The van der Waals surface area contributed by atoms with Crippen LogP contribution in [0.4, 0.5) is 8.78 Å². The number of amides is 1. The second kappa shape index (κ2) is 4.32. The lowest BCUT2D eigenvalue weighted by atomic mass is 10.1. The van der Waals surface area contributed by atoms with Crippen molar-refractivity contribution in [2.24, 2.45) is 5.41 Å². The topological polar surface area (TPSA) is 79.3 Å². The van der Waals surface area contributed by atoms with E-state index in [4.69, 9.17) is 5.11 Å². The maximum atomic E-state index is 13.2. The molecule has 0 saturated heterocycles. The van der Waals surface area contributed by atoms with Crippen LogP contribution in [0.3, 0.4) is 0 Å². The van der Waals surface area contributed by atoms with Crippen LogP contribution >= 0.6 is 0 Å². The third-order valence-corrected chi connectivity index (χ3v) is 2.99. The molecule has 0 unspecified atom stereocenters. The fraction of sp³-hybridized carbons (Fsp3) is 0.364. The molecule has 1 saturated carbocycles. The molecule has 0 aliphatic heterocycles. The molecular weight excluding hydrogens is 246 g/mol. The van der Waals surface area contributed by atoms with Gasteiger partial charge < -0.3 is 10.4 Å². The number of carbonyl (C=O) groups is 2. The first-order valence-corrected chi connectivity index (χ1v) is 5.28. The molecule has 2 N–H and O–H groups in total. The number of hydrogen-bond acceptors (Lipinski definition) is 3. The highest BCUT2D eigenvalue weighted by Gasteiger charge is 2.50. The molecule has 0 atom stereocenters. The maximum Gasteiger partial charge on any atom is 0.311 e. The Balaban J connectivity index is 2.05. The third-order valence-electron chi connectivity index (χ3n) is 2.99. The Morgan fingerprint density at radius 2 is 2.11 bits per heavy atom. The minimum atomic E-state index is -1.36. The summed E-state index contributed by atoms with van der Waals surface area (Å²) in [6.45, 7) is -0.0927. The highest BCUT2D eigenvalue weighted by Crippen LogP contribution is 2.45. The Hall–Kier alpha value is -2.05. The van der Waals surface area contributed by atoms with Crippen molar-refractivity contribution in [3.63, 3.8) is 0 Å². The van der Waals surface area contributed by atoms with Crippen molar-refractivity contribution in [2.75, 3.05) is 6.54 Å². The molecule has 18 heavy (non-hydrogen) atoms. The number of aliphatic carboxylic acids is 1. The summed E-state index contributed by atoms with van der Waals surface area (Å²) >= 11 is 0. The first-order valence-electron chi connectivity index (χ1n) is 5.28. The lowest BCUT2D eigenvalue weighted by molar-refractivity contribution is -0.143. The average molecular weight is 256 g/mol. The minimum absolute atomic E-state index is 0.0927. The van der Waals surface area contributed by atoms with E-state index in [2.05, 4.69) is 10.3 Å². The molecule has 0 bridgehead atoms. The lowest BCUT2D eigenvalue weighted by Crippen LogP contribution is -2.34. The summed E-state index contributed by atoms with van der Waals surface area (Å²) in [7, 11) is 0. The van der Waals surface area contributed by atoms with Crippen LogP contribution in [0.2, 0.25) is 0 Å². The highest BCUT2D eigenvalue weighted by atomic mass is 19.2. The second-order valence-electron chi connectivity index (χ2n) is 4.23. The molecule has 1 aromatic rings. The molecule has 0 spiro atoms. The van der Waals surface area contributed by atoms with E-state index in [1.54, 1.807) is 0 Å². The molecule has 1 aliphatic rings. The maximum absolute atomic E-state index is 13.2. The molecular formula is C11H10F2N2O3. The molecule has 0 aromatic carbocycles. The summed E-state index contributed by atoms with van der Waals surface area (Å²) in [6.07, 6.45) is 1.91. The second-order valence-corrected chi connectivity index (χ2v) is 4.23. The molecule has 0 radical (unpaired) electrons. The van der Waals surface area contributed by atoms with Gasteiger partial charge in [-0.25, -0.2) is 9.37 Å². The summed E-state index contributed by atoms with van der Waals surface area (Å²) in [5.74, 6) is -4.54. The van der Waals surface area contributed by atoms with Gasteiger partial charge in [0.25, 0.3) is 5.91 Å². The zero-order valence-electron chi connectivity index (χ0n) is 9.24. The number of rotatable bonds is 4. The zero-order chi connectivity index (χ0) is 13.3. The van der Waals surface area contributed by atoms with Gasteiger partial charge in [-0.1, -0.05) is 0 Å². The predicted molar refractivity (Wildman–Crippen MR) is 55.8 cm³/mol. The number of carbonyl (C=O) groups excluding carboxylic acids is 1. The standard InChI is InChI=1S/C11H10F2N2O3/c12-7-6(1-4-14-8(7)13)9(16)15-5-11(2-3-11)10(17)18/h1,4H,2-3,5H2,(H,15,16)(H,17,18). The van der Waals surface area contributed by atoms with Crippen molar-refractivity contribution < 1.29 is 23.5 Å². The Morgan fingerprint density at radius 3 is 2.67 bits per heavy atom. The Labute approximate surface area is 101 Å². The smallest absolute Gasteiger partial charge is 0.311 e. The van der Waals surface area contributed by atoms with Gasteiger partial charge in [0.2, 0.25) is 5.95 Å². The fourth-order valence-corrected chi connectivity index (χ4v) is 1.56. The molecule has 7 heteroatoms.